The van der Waals surface area contributed by atoms with Crippen LogP contribution >= 0.6 is 0 Å². The monoisotopic (exact) mass is 603 g/mol. The molecule has 10 heteroatoms. The van der Waals surface area contributed by atoms with Crippen LogP contribution < -0.4 is 19.9 Å². The van der Waals surface area contributed by atoms with Gasteiger partial charge >= 0.3 is 12.1 Å². The van der Waals surface area contributed by atoms with Crippen LogP contribution in [0.15, 0.2) is 24.3 Å². The number of hydrogen-bond donors (Lipinski definition) is 1. The molecular weight excluding hydrogens is 554 g/mol. The van der Waals surface area contributed by atoms with Crippen LogP contribution in [0.2, 0.25) is 0 Å². The first kappa shape index (κ1) is 29.6. The molecule has 0 saturated carbocycles. The van der Waals surface area contributed by atoms with Crippen molar-refractivity contribution in [1.29, 1.82) is 0 Å². The van der Waals surface area contributed by atoms with Gasteiger partial charge in [-0.2, -0.15) is 9.97 Å². The summed E-state index contributed by atoms with van der Waals surface area (Å²) in [6, 6.07) is 10.6. The molecule has 4 atom stereocenters. The molecule has 0 spiro atoms. The number of fused-ring (bicyclic) bond motifs is 4. The van der Waals surface area contributed by atoms with Crippen LogP contribution in [0, 0.1) is 0 Å². The quantitative estimate of drug-likeness (QED) is 0.478. The summed E-state index contributed by atoms with van der Waals surface area (Å²) >= 11 is 0. The van der Waals surface area contributed by atoms with E-state index in [1.54, 1.807) is 14.1 Å². The van der Waals surface area contributed by atoms with Gasteiger partial charge in [0.2, 0.25) is 0 Å². The van der Waals surface area contributed by atoms with Crippen LogP contribution in [0.3, 0.4) is 0 Å². The molecule has 1 amide bonds. The van der Waals surface area contributed by atoms with Gasteiger partial charge in [-0.05, 0) is 69.0 Å². The average Bonchev–Trinajstić information content (AvgIpc) is 3.70. The Bertz CT molecular complexity index is 1360. The summed E-state index contributed by atoms with van der Waals surface area (Å²) in [6.45, 7) is 10.3. The van der Waals surface area contributed by atoms with Gasteiger partial charge in [0, 0.05) is 63.1 Å². The highest BCUT2D eigenvalue weighted by molar-refractivity contribution is 5.66. The van der Waals surface area contributed by atoms with Gasteiger partial charge in [-0.1, -0.05) is 32.0 Å². The second kappa shape index (κ2) is 12.0. The zero-order chi connectivity index (χ0) is 30.4. The second-order valence-electron chi connectivity index (χ2n) is 14.2. The maximum atomic E-state index is 12.1. The van der Waals surface area contributed by atoms with Crippen molar-refractivity contribution < 1.29 is 14.3 Å². The first-order chi connectivity index (χ1) is 21.3. The molecule has 5 aliphatic rings. The Morgan fingerprint density at radius 2 is 1.86 bits per heavy atom. The molecule has 4 fully saturated rings. The molecule has 4 saturated heterocycles. The molecule has 7 rings (SSSR count). The van der Waals surface area contributed by atoms with Crippen molar-refractivity contribution in [2.75, 3.05) is 63.3 Å². The van der Waals surface area contributed by atoms with E-state index < -0.39 is 0 Å². The van der Waals surface area contributed by atoms with Gasteiger partial charge < -0.3 is 29.5 Å². The third-order valence-electron chi connectivity index (χ3n) is 10.7. The van der Waals surface area contributed by atoms with E-state index in [1.807, 2.05) is 0 Å². The Balaban J connectivity index is 1.14. The van der Waals surface area contributed by atoms with E-state index in [-0.39, 0.29) is 17.7 Å². The zero-order valence-electron chi connectivity index (χ0n) is 26.9. The van der Waals surface area contributed by atoms with E-state index in [9.17, 15) is 4.79 Å². The van der Waals surface area contributed by atoms with E-state index in [2.05, 4.69) is 58.1 Å². The van der Waals surface area contributed by atoms with E-state index >= 15 is 0 Å². The normalized spacial score (nSPS) is 27.9. The summed E-state index contributed by atoms with van der Waals surface area (Å²) < 4.78 is 12.2. The zero-order valence-corrected chi connectivity index (χ0v) is 26.9. The number of para-hydroxylation sites is 1. The molecule has 1 aromatic carbocycles. The van der Waals surface area contributed by atoms with Crippen LogP contribution in [-0.4, -0.2) is 103 Å². The molecule has 0 radical (unpaired) electrons. The second-order valence-corrected chi connectivity index (χ2v) is 14.2. The molecule has 1 N–H and O–H groups in total. The van der Waals surface area contributed by atoms with Crippen molar-refractivity contribution in [3.8, 4) is 6.01 Å². The minimum Gasteiger partial charge on any atom is -0.461 e. The number of carbonyl (C=O) groups is 1. The number of hydrogen-bond acceptors (Lipinski definition) is 9. The highest BCUT2D eigenvalue weighted by Gasteiger charge is 2.50. The number of rotatable bonds is 8. The van der Waals surface area contributed by atoms with Crippen molar-refractivity contribution >= 4 is 17.6 Å². The Labute approximate surface area is 262 Å². The number of aromatic nitrogens is 2. The molecule has 6 heterocycles. The fourth-order valence-electron chi connectivity index (χ4n) is 8.44. The average molecular weight is 604 g/mol. The molecule has 238 valence electrons. The van der Waals surface area contributed by atoms with E-state index in [0.717, 1.165) is 76.3 Å². The third-order valence-corrected chi connectivity index (χ3v) is 10.7. The maximum absolute atomic E-state index is 12.1. The topological polar surface area (TPSA) is 86.3 Å². The summed E-state index contributed by atoms with van der Waals surface area (Å²) in [5.74, 6) is 1.54. The van der Waals surface area contributed by atoms with Gasteiger partial charge in [0.05, 0.1) is 17.8 Å². The van der Waals surface area contributed by atoms with Crippen molar-refractivity contribution in [2.24, 2.45) is 0 Å². The first-order valence-corrected chi connectivity index (χ1v) is 16.8. The Kier molecular flexibility index (Phi) is 8.07. The molecule has 44 heavy (non-hydrogen) atoms. The van der Waals surface area contributed by atoms with E-state index in [1.165, 1.54) is 34.6 Å². The third kappa shape index (κ3) is 5.60. The lowest BCUT2D eigenvalue weighted by atomic mass is 9.95. The summed E-state index contributed by atoms with van der Waals surface area (Å²) in [5.41, 5.74) is 5.03. The van der Waals surface area contributed by atoms with E-state index in [0.29, 0.717) is 37.2 Å². The smallest absolute Gasteiger partial charge is 0.409 e. The predicted octanol–water partition coefficient (Wildman–Crippen LogP) is 4.18. The lowest BCUT2D eigenvalue weighted by Crippen LogP contribution is -2.52. The van der Waals surface area contributed by atoms with Crippen molar-refractivity contribution in [3.05, 3.63) is 41.1 Å². The first-order valence-electron chi connectivity index (χ1n) is 16.8. The van der Waals surface area contributed by atoms with Crippen LogP contribution in [-0.2, 0) is 17.7 Å². The van der Waals surface area contributed by atoms with Crippen molar-refractivity contribution in [1.82, 2.24) is 25.1 Å². The van der Waals surface area contributed by atoms with Crippen LogP contribution in [0.25, 0.3) is 0 Å². The summed E-state index contributed by atoms with van der Waals surface area (Å²) in [6.07, 6.45) is 7.39. The fourth-order valence-corrected chi connectivity index (χ4v) is 8.44. The number of carbonyl (C=O) groups excluding carboxylic acids is 1. The number of ether oxygens (including phenoxy) is 2. The van der Waals surface area contributed by atoms with Crippen LogP contribution in [0.5, 0.6) is 6.01 Å². The van der Waals surface area contributed by atoms with E-state index in [4.69, 9.17) is 19.4 Å². The minimum absolute atomic E-state index is 0.0506. The highest BCUT2D eigenvalue weighted by Crippen LogP contribution is 2.43. The van der Waals surface area contributed by atoms with Gasteiger partial charge in [0.15, 0.2) is 0 Å². The number of nitrogens with zero attached hydrogens (tertiary/aromatic N) is 6. The van der Waals surface area contributed by atoms with Crippen LogP contribution in [0.1, 0.15) is 75.1 Å². The minimum atomic E-state index is -0.278. The molecule has 2 unspecified atom stereocenters. The summed E-state index contributed by atoms with van der Waals surface area (Å²) in [7, 11) is 3.46. The summed E-state index contributed by atoms with van der Waals surface area (Å²) in [4.78, 5) is 31.4. The van der Waals surface area contributed by atoms with Crippen LogP contribution in [0.4, 0.5) is 16.3 Å². The van der Waals surface area contributed by atoms with Gasteiger partial charge in [-0.15, -0.1) is 0 Å². The lowest BCUT2D eigenvalue weighted by Gasteiger charge is -2.38. The molecular formula is C34H49N7O3. The number of benzene rings is 1. The fraction of sp³-hybridized carbons (Fsp3) is 0.676. The van der Waals surface area contributed by atoms with Gasteiger partial charge in [-0.25, -0.2) is 4.79 Å². The molecule has 10 nitrogen and oxygen atoms in total. The van der Waals surface area contributed by atoms with Gasteiger partial charge in [0.25, 0.3) is 0 Å². The van der Waals surface area contributed by atoms with Crippen molar-refractivity contribution in [3.63, 3.8) is 0 Å². The molecule has 1 aromatic heterocycles. The Morgan fingerprint density at radius 3 is 2.64 bits per heavy atom. The van der Waals surface area contributed by atoms with Crippen molar-refractivity contribution in [2.45, 2.75) is 94.9 Å². The predicted molar refractivity (Wildman–Crippen MR) is 172 cm³/mol. The Morgan fingerprint density at radius 1 is 1.07 bits per heavy atom. The SMILES string of the molecule is CC(C)c1ccccc1N1CCc2c(nc(OC[C@]34CCCN3[C@@H](COC(=O)N(C)C)CC4)nc2N2CC3CCC(C2)N3)C1. The molecule has 0 aliphatic carbocycles. The number of anilines is 2. The Hall–Kier alpha value is -3.11. The number of piperazine rings is 1. The number of amides is 1. The van der Waals surface area contributed by atoms with Gasteiger partial charge in [-0.3, -0.25) is 4.90 Å². The largest absolute Gasteiger partial charge is 0.461 e. The summed E-state index contributed by atoms with van der Waals surface area (Å²) in [5, 5.41) is 3.78. The molecule has 5 aliphatic heterocycles. The molecule has 2 aromatic rings. The number of nitrogens with one attached hydrogen (secondary N) is 1. The maximum Gasteiger partial charge on any atom is 0.409 e. The lowest BCUT2D eigenvalue weighted by molar-refractivity contribution is 0.0483. The van der Waals surface area contributed by atoms with Gasteiger partial charge in [0.1, 0.15) is 19.0 Å². The molecule has 2 bridgehead atoms. The highest BCUT2D eigenvalue weighted by atomic mass is 16.6. The standard InChI is InChI=1S/C34H49N7O3/c1-23(2)27-8-5-6-9-30(27)39-17-13-28-29(20-39)36-32(37-31(28)40-18-24-10-11-25(19-40)35-24)44-22-34-14-7-16-41(34)26(12-15-34)21-43-33(42)38(3)4/h5-6,8-9,23-26,35H,7,10-22H2,1-4H3/t24?,25?,26-,34-/m1/s1.